The molecule has 0 saturated carbocycles. The van der Waals surface area contributed by atoms with Crippen LogP contribution >= 0.6 is 34.5 Å². The number of anilines is 1. The zero-order chi connectivity index (χ0) is 20.4. The molecule has 0 aliphatic rings. The maximum atomic E-state index is 12.7. The van der Waals surface area contributed by atoms with Crippen LogP contribution in [0, 0.1) is 13.8 Å². The van der Waals surface area contributed by atoms with Gasteiger partial charge in [0.1, 0.15) is 10.8 Å². The number of halogens is 2. The molecule has 3 rings (SSSR count). The number of thiophene rings is 1. The zero-order valence-electron chi connectivity index (χ0n) is 15.4. The summed E-state index contributed by atoms with van der Waals surface area (Å²) in [5, 5.41) is 4.14. The van der Waals surface area contributed by atoms with Crippen molar-refractivity contribution in [1.82, 2.24) is 0 Å². The number of rotatable bonds is 5. The number of carbonyl (C=O) groups is 2. The second-order valence-corrected chi connectivity index (χ2v) is 8.02. The van der Waals surface area contributed by atoms with Gasteiger partial charge in [-0.1, -0.05) is 23.2 Å². The average molecular weight is 438 g/mol. The van der Waals surface area contributed by atoms with E-state index in [4.69, 9.17) is 32.4 Å². The lowest BCUT2D eigenvalue weighted by molar-refractivity contribution is 0.0527. The highest BCUT2D eigenvalue weighted by molar-refractivity contribution is 7.16. The Bertz CT molecular complexity index is 1050. The van der Waals surface area contributed by atoms with Crippen molar-refractivity contribution in [2.75, 3.05) is 11.9 Å². The maximum absolute atomic E-state index is 12.7. The third kappa shape index (κ3) is 4.09. The average Bonchev–Trinajstić information content (AvgIpc) is 3.23. The number of hydrogen-bond acceptors (Lipinski definition) is 5. The Hall–Kier alpha value is -2.28. The Morgan fingerprint density at radius 3 is 2.64 bits per heavy atom. The number of amides is 1. The monoisotopic (exact) mass is 437 g/mol. The van der Waals surface area contributed by atoms with E-state index < -0.39 is 11.9 Å². The molecule has 2 heterocycles. The predicted octanol–water partition coefficient (Wildman–Crippen LogP) is 6.36. The lowest BCUT2D eigenvalue weighted by atomic mass is 10.1. The quantitative estimate of drug-likeness (QED) is 0.471. The number of ether oxygens (including phenoxy) is 1. The largest absolute Gasteiger partial charge is 0.462 e. The summed E-state index contributed by atoms with van der Waals surface area (Å²) in [6.07, 6.45) is 0. The van der Waals surface area contributed by atoms with Gasteiger partial charge in [-0.25, -0.2) is 4.79 Å². The van der Waals surface area contributed by atoms with Gasteiger partial charge in [0.2, 0.25) is 0 Å². The van der Waals surface area contributed by atoms with Crippen LogP contribution in [0.15, 0.2) is 34.7 Å². The Morgan fingerprint density at radius 1 is 1.18 bits per heavy atom. The van der Waals surface area contributed by atoms with E-state index in [1.807, 2.05) is 13.8 Å². The van der Waals surface area contributed by atoms with E-state index in [1.165, 1.54) is 11.3 Å². The molecule has 0 aliphatic heterocycles. The summed E-state index contributed by atoms with van der Waals surface area (Å²) >= 11 is 13.5. The highest BCUT2D eigenvalue weighted by atomic mass is 35.5. The minimum atomic E-state index is -0.476. The van der Waals surface area contributed by atoms with Crippen LogP contribution in [0.25, 0.3) is 11.3 Å². The van der Waals surface area contributed by atoms with Gasteiger partial charge in [0, 0.05) is 15.5 Å². The summed E-state index contributed by atoms with van der Waals surface area (Å²) in [5.41, 5.74) is 1.73. The van der Waals surface area contributed by atoms with Crippen molar-refractivity contribution in [2.45, 2.75) is 20.8 Å². The molecule has 28 heavy (non-hydrogen) atoms. The Balaban J connectivity index is 1.87. The smallest absolute Gasteiger partial charge is 0.341 e. The van der Waals surface area contributed by atoms with E-state index in [0.29, 0.717) is 31.9 Å². The molecule has 1 amide bonds. The molecular formula is C20H17Cl2NO4S. The fraction of sp³-hybridized carbons (Fsp3) is 0.200. The molecule has 5 nitrogen and oxygen atoms in total. The standard InChI is InChI=1S/C20H17Cl2NO4S/c1-4-26-20(25)17-10(2)11(3)28-19(17)23-18(24)16-8-7-15(27-16)13-9-12(21)5-6-14(13)22/h5-9H,4H2,1-3H3,(H,23,24). The molecule has 0 spiro atoms. The van der Waals surface area contributed by atoms with E-state index in [1.54, 1.807) is 37.3 Å². The number of benzene rings is 1. The van der Waals surface area contributed by atoms with Crippen LogP contribution in [0.3, 0.4) is 0 Å². The molecule has 146 valence electrons. The number of esters is 1. The first-order chi connectivity index (χ1) is 13.3. The van der Waals surface area contributed by atoms with Gasteiger partial charge in [-0.05, 0) is 56.7 Å². The molecule has 2 aromatic heterocycles. The van der Waals surface area contributed by atoms with Crippen LogP contribution in [-0.4, -0.2) is 18.5 Å². The van der Waals surface area contributed by atoms with E-state index >= 15 is 0 Å². The van der Waals surface area contributed by atoms with Crippen LogP contribution in [0.5, 0.6) is 0 Å². The summed E-state index contributed by atoms with van der Waals surface area (Å²) in [6, 6.07) is 8.17. The molecule has 0 atom stereocenters. The fourth-order valence-electron chi connectivity index (χ4n) is 2.62. The maximum Gasteiger partial charge on any atom is 0.341 e. The molecule has 3 aromatic rings. The minimum Gasteiger partial charge on any atom is -0.462 e. The topological polar surface area (TPSA) is 68.5 Å². The number of aryl methyl sites for hydroxylation is 1. The molecule has 1 N–H and O–H groups in total. The summed E-state index contributed by atoms with van der Waals surface area (Å²) in [4.78, 5) is 25.8. The normalized spacial score (nSPS) is 10.8. The van der Waals surface area contributed by atoms with Crippen LogP contribution in [0.2, 0.25) is 10.0 Å². The van der Waals surface area contributed by atoms with E-state index in [-0.39, 0.29) is 12.4 Å². The van der Waals surface area contributed by atoms with Crippen molar-refractivity contribution < 1.29 is 18.7 Å². The van der Waals surface area contributed by atoms with Gasteiger partial charge in [0.05, 0.1) is 17.2 Å². The molecule has 0 bridgehead atoms. The summed E-state index contributed by atoms with van der Waals surface area (Å²) in [5.74, 6) is -0.437. The summed E-state index contributed by atoms with van der Waals surface area (Å²) < 4.78 is 10.8. The third-order valence-corrected chi connectivity index (χ3v) is 5.80. The molecule has 1 aromatic carbocycles. The van der Waals surface area contributed by atoms with Gasteiger partial charge in [-0.3, -0.25) is 4.79 Å². The number of hydrogen-bond donors (Lipinski definition) is 1. The Labute approximate surface area is 176 Å². The lowest BCUT2D eigenvalue weighted by Crippen LogP contribution is -2.14. The lowest BCUT2D eigenvalue weighted by Gasteiger charge is -2.06. The first-order valence-electron chi connectivity index (χ1n) is 8.45. The predicted molar refractivity (Wildman–Crippen MR) is 112 cm³/mol. The van der Waals surface area contributed by atoms with Crippen LogP contribution in [-0.2, 0) is 4.74 Å². The second kappa shape index (κ2) is 8.39. The highest BCUT2D eigenvalue weighted by Gasteiger charge is 2.23. The molecule has 0 saturated heterocycles. The van der Waals surface area contributed by atoms with Gasteiger partial charge in [-0.2, -0.15) is 0 Å². The summed E-state index contributed by atoms with van der Waals surface area (Å²) in [7, 11) is 0. The van der Waals surface area contributed by atoms with Crippen molar-refractivity contribution in [3.8, 4) is 11.3 Å². The highest BCUT2D eigenvalue weighted by Crippen LogP contribution is 2.35. The van der Waals surface area contributed by atoms with Crippen LogP contribution < -0.4 is 5.32 Å². The first-order valence-corrected chi connectivity index (χ1v) is 10.0. The second-order valence-electron chi connectivity index (χ2n) is 5.95. The van der Waals surface area contributed by atoms with Crippen molar-refractivity contribution in [3.05, 3.63) is 62.1 Å². The molecule has 0 unspecified atom stereocenters. The van der Waals surface area contributed by atoms with Crippen molar-refractivity contribution in [3.63, 3.8) is 0 Å². The molecule has 0 radical (unpaired) electrons. The minimum absolute atomic E-state index is 0.0876. The molecule has 0 fully saturated rings. The van der Waals surface area contributed by atoms with Gasteiger partial charge in [0.25, 0.3) is 5.91 Å². The van der Waals surface area contributed by atoms with E-state index in [0.717, 1.165) is 10.4 Å². The van der Waals surface area contributed by atoms with Gasteiger partial charge in [0.15, 0.2) is 5.76 Å². The Morgan fingerprint density at radius 2 is 1.93 bits per heavy atom. The van der Waals surface area contributed by atoms with Gasteiger partial charge < -0.3 is 14.5 Å². The van der Waals surface area contributed by atoms with Crippen molar-refractivity contribution in [2.24, 2.45) is 0 Å². The SMILES string of the molecule is CCOC(=O)c1c(NC(=O)c2ccc(-c3cc(Cl)ccc3Cl)o2)sc(C)c1C. The van der Waals surface area contributed by atoms with Crippen molar-refractivity contribution >= 4 is 51.4 Å². The number of nitrogens with one attached hydrogen (secondary N) is 1. The van der Waals surface area contributed by atoms with Gasteiger partial charge in [-0.15, -0.1) is 11.3 Å². The molecule has 0 aliphatic carbocycles. The van der Waals surface area contributed by atoms with Crippen LogP contribution in [0.1, 0.15) is 38.3 Å². The number of furan rings is 1. The fourth-order valence-corrected chi connectivity index (χ4v) is 4.05. The first kappa shape index (κ1) is 20.5. The zero-order valence-corrected chi connectivity index (χ0v) is 17.7. The molecule has 8 heteroatoms. The third-order valence-electron chi connectivity index (χ3n) is 4.12. The Kier molecular flexibility index (Phi) is 6.13. The van der Waals surface area contributed by atoms with Gasteiger partial charge >= 0.3 is 5.97 Å². The van der Waals surface area contributed by atoms with E-state index in [9.17, 15) is 9.59 Å². The summed E-state index contributed by atoms with van der Waals surface area (Å²) in [6.45, 7) is 5.68. The van der Waals surface area contributed by atoms with E-state index in [2.05, 4.69) is 5.32 Å². The number of carbonyl (C=O) groups excluding carboxylic acids is 2. The van der Waals surface area contributed by atoms with Crippen molar-refractivity contribution in [1.29, 1.82) is 0 Å². The van der Waals surface area contributed by atoms with Crippen LogP contribution in [0.4, 0.5) is 5.00 Å². The molecular weight excluding hydrogens is 421 g/mol.